The van der Waals surface area contributed by atoms with Gasteiger partial charge in [0.2, 0.25) is 0 Å². The number of aromatic nitrogens is 3. The standard InChI is InChI=1S/C17H16N4OS/c22-16(19-13-6-7-15-18-8-9-21(15)10-13)14-11-23-17(20-14)12-4-2-1-3-5-12/h1-5,8-9,11,13H,6-7,10H2,(H,19,22). The zero-order valence-corrected chi connectivity index (χ0v) is 13.3. The lowest BCUT2D eigenvalue weighted by atomic mass is 10.1. The van der Waals surface area contributed by atoms with Gasteiger partial charge in [0.25, 0.3) is 5.91 Å². The van der Waals surface area contributed by atoms with E-state index in [0.717, 1.165) is 35.8 Å². The summed E-state index contributed by atoms with van der Waals surface area (Å²) in [7, 11) is 0. The number of hydrogen-bond donors (Lipinski definition) is 1. The molecule has 3 heterocycles. The van der Waals surface area contributed by atoms with Crippen molar-refractivity contribution >= 4 is 17.2 Å². The molecule has 4 rings (SSSR count). The van der Waals surface area contributed by atoms with Crippen LogP contribution in [0.5, 0.6) is 0 Å². The van der Waals surface area contributed by atoms with Crippen LogP contribution in [-0.4, -0.2) is 26.5 Å². The van der Waals surface area contributed by atoms with Gasteiger partial charge >= 0.3 is 0 Å². The van der Waals surface area contributed by atoms with Gasteiger partial charge in [0.15, 0.2) is 0 Å². The molecule has 1 atom stereocenters. The summed E-state index contributed by atoms with van der Waals surface area (Å²) in [6.07, 6.45) is 5.58. The normalized spacial score (nSPS) is 16.8. The molecule has 1 aliphatic heterocycles. The van der Waals surface area contributed by atoms with Crippen LogP contribution in [0.1, 0.15) is 22.7 Å². The average molecular weight is 324 g/mol. The van der Waals surface area contributed by atoms with E-state index in [2.05, 4.69) is 19.9 Å². The molecule has 0 bridgehead atoms. The van der Waals surface area contributed by atoms with E-state index in [0.29, 0.717) is 5.69 Å². The maximum Gasteiger partial charge on any atom is 0.271 e. The molecule has 0 spiro atoms. The first-order chi connectivity index (χ1) is 11.3. The molecule has 2 aromatic heterocycles. The summed E-state index contributed by atoms with van der Waals surface area (Å²) in [4.78, 5) is 21.2. The highest BCUT2D eigenvalue weighted by Gasteiger charge is 2.22. The van der Waals surface area contributed by atoms with Crippen LogP contribution in [0, 0.1) is 0 Å². The SMILES string of the molecule is O=C(NC1CCc2nccn2C1)c1csc(-c2ccccc2)n1. The van der Waals surface area contributed by atoms with Gasteiger partial charge in [-0.05, 0) is 6.42 Å². The van der Waals surface area contributed by atoms with Gasteiger partial charge in [-0.1, -0.05) is 30.3 Å². The molecule has 0 fully saturated rings. The van der Waals surface area contributed by atoms with Crippen molar-refractivity contribution in [1.82, 2.24) is 19.9 Å². The van der Waals surface area contributed by atoms with Crippen LogP contribution in [0.2, 0.25) is 0 Å². The molecule has 0 saturated carbocycles. The Bertz CT molecular complexity index is 824. The quantitative estimate of drug-likeness (QED) is 0.806. The largest absolute Gasteiger partial charge is 0.346 e. The fraction of sp³-hybridized carbons (Fsp3) is 0.235. The van der Waals surface area contributed by atoms with Crippen LogP contribution in [0.3, 0.4) is 0 Å². The van der Waals surface area contributed by atoms with Gasteiger partial charge in [0.05, 0.1) is 0 Å². The highest BCUT2D eigenvalue weighted by Crippen LogP contribution is 2.23. The zero-order chi connectivity index (χ0) is 15.6. The molecule has 1 aromatic carbocycles. The average Bonchev–Trinajstić information content (AvgIpc) is 3.24. The van der Waals surface area contributed by atoms with E-state index in [1.807, 2.05) is 48.1 Å². The molecule has 6 heteroatoms. The Morgan fingerprint density at radius 2 is 2.17 bits per heavy atom. The van der Waals surface area contributed by atoms with E-state index in [1.165, 1.54) is 11.3 Å². The van der Waals surface area contributed by atoms with E-state index in [9.17, 15) is 4.79 Å². The highest BCUT2D eigenvalue weighted by molar-refractivity contribution is 7.13. The highest BCUT2D eigenvalue weighted by atomic mass is 32.1. The summed E-state index contributed by atoms with van der Waals surface area (Å²) in [6, 6.07) is 10.1. The lowest BCUT2D eigenvalue weighted by Crippen LogP contribution is -2.41. The van der Waals surface area contributed by atoms with Gasteiger partial charge < -0.3 is 9.88 Å². The number of imidazole rings is 1. The van der Waals surface area contributed by atoms with E-state index >= 15 is 0 Å². The second kappa shape index (κ2) is 5.96. The fourth-order valence-electron chi connectivity index (χ4n) is 2.83. The first-order valence-corrected chi connectivity index (χ1v) is 8.49. The van der Waals surface area contributed by atoms with E-state index in [-0.39, 0.29) is 11.9 Å². The molecule has 0 aliphatic carbocycles. The molecule has 0 radical (unpaired) electrons. The molecule has 5 nitrogen and oxygen atoms in total. The molecular weight excluding hydrogens is 308 g/mol. The predicted molar refractivity (Wildman–Crippen MR) is 89.4 cm³/mol. The molecule has 1 aliphatic rings. The molecule has 1 amide bonds. The number of nitrogens with one attached hydrogen (secondary N) is 1. The number of carbonyl (C=O) groups is 1. The Labute approximate surface area is 138 Å². The van der Waals surface area contributed by atoms with Crippen molar-refractivity contribution in [2.75, 3.05) is 0 Å². The fourth-order valence-corrected chi connectivity index (χ4v) is 3.64. The molecular formula is C17H16N4OS. The molecule has 1 N–H and O–H groups in total. The van der Waals surface area contributed by atoms with Crippen LogP contribution in [0.4, 0.5) is 0 Å². The predicted octanol–water partition coefficient (Wildman–Crippen LogP) is 2.75. The minimum atomic E-state index is -0.100. The van der Waals surface area contributed by atoms with Crippen LogP contribution < -0.4 is 5.32 Å². The smallest absolute Gasteiger partial charge is 0.271 e. The van der Waals surface area contributed by atoms with Crippen LogP contribution in [0.25, 0.3) is 10.6 Å². The van der Waals surface area contributed by atoms with Crippen molar-refractivity contribution in [2.24, 2.45) is 0 Å². The van der Waals surface area contributed by atoms with Crippen molar-refractivity contribution < 1.29 is 4.79 Å². The molecule has 1 unspecified atom stereocenters. The third kappa shape index (κ3) is 2.90. The van der Waals surface area contributed by atoms with Crippen molar-refractivity contribution in [3.63, 3.8) is 0 Å². The second-order valence-electron chi connectivity index (χ2n) is 5.61. The van der Waals surface area contributed by atoms with Crippen molar-refractivity contribution in [3.05, 3.63) is 59.6 Å². The summed E-state index contributed by atoms with van der Waals surface area (Å²) < 4.78 is 2.10. The number of hydrogen-bond acceptors (Lipinski definition) is 4. The Balaban J connectivity index is 1.45. The molecule has 23 heavy (non-hydrogen) atoms. The summed E-state index contributed by atoms with van der Waals surface area (Å²) in [5, 5.41) is 5.78. The van der Waals surface area contributed by atoms with Crippen LogP contribution >= 0.6 is 11.3 Å². The first-order valence-electron chi connectivity index (χ1n) is 7.61. The third-order valence-electron chi connectivity index (χ3n) is 4.03. The topological polar surface area (TPSA) is 59.8 Å². The minimum absolute atomic E-state index is 0.100. The number of rotatable bonds is 3. The Kier molecular flexibility index (Phi) is 3.67. The summed E-state index contributed by atoms with van der Waals surface area (Å²) in [6.45, 7) is 0.775. The third-order valence-corrected chi connectivity index (χ3v) is 4.92. The maximum absolute atomic E-state index is 12.4. The van der Waals surface area contributed by atoms with Gasteiger partial charge in [-0.2, -0.15) is 0 Å². The van der Waals surface area contributed by atoms with Crippen molar-refractivity contribution in [1.29, 1.82) is 0 Å². The van der Waals surface area contributed by atoms with E-state index in [1.54, 1.807) is 0 Å². The van der Waals surface area contributed by atoms with Gasteiger partial charge in [0.1, 0.15) is 16.5 Å². The van der Waals surface area contributed by atoms with Crippen molar-refractivity contribution in [3.8, 4) is 10.6 Å². The summed E-state index contributed by atoms with van der Waals surface area (Å²) >= 11 is 1.50. The monoisotopic (exact) mass is 324 g/mol. The minimum Gasteiger partial charge on any atom is -0.346 e. The summed E-state index contributed by atoms with van der Waals surface area (Å²) in [5.41, 5.74) is 1.53. The van der Waals surface area contributed by atoms with E-state index in [4.69, 9.17) is 0 Å². The zero-order valence-electron chi connectivity index (χ0n) is 12.5. The molecule has 116 valence electrons. The number of thiazole rings is 1. The van der Waals surface area contributed by atoms with Gasteiger partial charge in [-0.3, -0.25) is 4.79 Å². The summed E-state index contributed by atoms with van der Waals surface area (Å²) in [5.74, 6) is 0.993. The van der Waals surface area contributed by atoms with Gasteiger partial charge in [0, 0.05) is 42.3 Å². The number of aryl methyl sites for hydroxylation is 1. The lowest BCUT2D eigenvalue weighted by Gasteiger charge is -2.24. The van der Waals surface area contributed by atoms with Gasteiger partial charge in [-0.25, -0.2) is 9.97 Å². The van der Waals surface area contributed by atoms with Crippen molar-refractivity contribution in [2.45, 2.75) is 25.4 Å². The first kappa shape index (κ1) is 14.1. The Morgan fingerprint density at radius 1 is 1.30 bits per heavy atom. The number of benzene rings is 1. The number of nitrogens with zero attached hydrogens (tertiary/aromatic N) is 3. The van der Waals surface area contributed by atoms with E-state index < -0.39 is 0 Å². The number of fused-ring (bicyclic) bond motifs is 1. The molecule has 3 aromatic rings. The Morgan fingerprint density at radius 3 is 3.04 bits per heavy atom. The number of carbonyl (C=O) groups excluding carboxylic acids is 1. The lowest BCUT2D eigenvalue weighted by molar-refractivity contribution is 0.0923. The maximum atomic E-state index is 12.4. The Hall–Kier alpha value is -2.47. The van der Waals surface area contributed by atoms with Gasteiger partial charge in [-0.15, -0.1) is 11.3 Å². The molecule has 0 saturated heterocycles. The number of amides is 1. The second-order valence-corrected chi connectivity index (χ2v) is 6.47. The van der Waals surface area contributed by atoms with Crippen LogP contribution in [-0.2, 0) is 13.0 Å². The van der Waals surface area contributed by atoms with Crippen LogP contribution in [0.15, 0.2) is 48.1 Å².